The van der Waals surface area contributed by atoms with E-state index < -0.39 is 34.0 Å². The number of alkyl halides is 3. The SMILES string of the molecule is CC1(Nc2ccc([N+](=O)[O-])c(C(F)(F)F)c2)CN(c2ccccc2)C(=O)N1. The smallest absolute Gasteiger partial charge is 0.361 e. The predicted molar refractivity (Wildman–Crippen MR) is 92.4 cm³/mol. The summed E-state index contributed by atoms with van der Waals surface area (Å²) in [5.41, 5.74) is -2.80. The minimum atomic E-state index is -4.88. The Kier molecular flexibility index (Phi) is 4.42. The number of hydrogen-bond donors (Lipinski definition) is 2. The molecular formula is C17H15F3N4O3. The molecule has 1 atom stereocenters. The Morgan fingerprint density at radius 2 is 1.89 bits per heavy atom. The van der Waals surface area contributed by atoms with Gasteiger partial charge in [0.1, 0.15) is 11.2 Å². The second-order valence-electron chi connectivity index (χ2n) is 6.30. The summed E-state index contributed by atoms with van der Waals surface area (Å²) >= 11 is 0. The zero-order valence-corrected chi connectivity index (χ0v) is 14.1. The second-order valence-corrected chi connectivity index (χ2v) is 6.30. The molecule has 0 aromatic heterocycles. The van der Waals surface area contributed by atoms with Crippen molar-refractivity contribution in [2.75, 3.05) is 16.8 Å². The van der Waals surface area contributed by atoms with E-state index in [1.807, 2.05) is 0 Å². The summed E-state index contributed by atoms with van der Waals surface area (Å²) in [7, 11) is 0. The molecule has 10 heteroatoms. The van der Waals surface area contributed by atoms with Crippen molar-refractivity contribution in [1.82, 2.24) is 5.32 Å². The number of carbonyl (C=O) groups is 1. The van der Waals surface area contributed by atoms with Crippen molar-refractivity contribution in [3.05, 3.63) is 64.2 Å². The third kappa shape index (κ3) is 3.78. The third-order valence-electron chi connectivity index (χ3n) is 4.09. The Morgan fingerprint density at radius 3 is 2.48 bits per heavy atom. The van der Waals surface area contributed by atoms with Crippen molar-refractivity contribution in [3.63, 3.8) is 0 Å². The van der Waals surface area contributed by atoms with Gasteiger partial charge in [0.05, 0.1) is 11.5 Å². The van der Waals surface area contributed by atoms with Gasteiger partial charge in [-0.1, -0.05) is 18.2 Å². The molecule has 0 radical (unpaired) electrons. The number of nitro benzene ring substituents is 1. The number of nitrogens with zero attached hydrogens (tertiary/aromatic N) is 2. The fourth-order valence-electron chi connectivity index (χ4n) is 2.94. The third-order valence-corrected chi connectivity index (χ3v) is 4.09. The van der Waals surface area contributed by atoms with E-state index in [0.29, 0.717) is 11.8 Å². The Labute approximate surface area is 151 Å². The summed E-state index contributed by atoms with van der Waals surface area (Å²) in [6, 6.07) is 11.0. The minimum absolute atomic E-state index is 0.00522. The fraction of sp³-hybridized carbons (Fsp3) is 0.235. The Bertz CT molecular complexity index is 889. The van der Waals surface area contributed by atoms with E-state index in [0.717, 1.165) is 6.07 Å². The number of urea groups is 1. The molecule has 2 aromatic carbocycles. The largest absolute Gasteiger partial charge is 0.423 e. The summed E-state index contributed by atoms with van der Waals surface area (Å²) in [4.78, 5) is 23.5. The number of carbonyl (C=O) groups excluding carboxylic acids is 1. The van der Waals surface area contributed by atoms with E-state index in [4.69, 9.17) is 0 Å². The zero-order chi connectivity index (χ0) is 19.8. The first-order valence-electron chi connectivity index (χ1n) is 7.88. The van der Waals surface area contributed by atoms with Gasteiger partial charge in [-0.15, -0.1) is 0 Å². The number of nitro groups is 1. The Morgan fingerprint density at radius 1 is 1.22 bits per heavy atom. The molecule has 0 saturated carbocycles. The molecular weight excluding hydrogens is 365 g/mol. The maximum Gasteiger partial charge on any atom is 0.423 e. The number of benzene rings is 2. The van der Waals surface area contributed by atoms with Crippen molar-refractivity contribution in [3.8, 4) is 0 Å². The highest BCUT2D eigenvalue weighted by Crippen LogP contribution is 2.38. The molecule has 2 N–H and O–H groups in total. The lowest BCUT2D eigenvalue weighted by Gasteiger charge is -2.27. The van der Waals surface area contributed by atoms with Crippen molar-refractivity contribution in [2.45, 2.75) is 18.8 Å². The number of para-hydroxylation sites is 1. The van der Waals surface area contributed by atoms with Crippen LogP contribution in [0.25, 0.3) is 0 Å². The van der Waals surface area contributed by atoms with Crippen LogP contribution in [-0.4, -0.2) is 23.2 Å². The second kappa shape index (κ2) is 6.45. The van der Waals surface area contributed by atoms with E-state index in [1.165, 1.54) is 11.0 Å². The first-order chi connectivity index (χ1) is 12.6. The topological polar surface area (TPSA) is 87.5 Å². The molecule has 7 nitrogen and oxygen atoms in total. The molecule has 3 rings (SSSR count). The van der Waals surface area contributed by atoms with Crippen molar-refractivity contribution >= 4 is 23.1 Å². The number of halogens is 3. The van der Waals surface area contributed by atoms with Gasteiger partial charge >= 0.3 is 12.2 Å². The molecule has 2 aromatic rings. The van der Waals surface area contributed by atoms with Gasteiger partial charge in [0, 0.05) is 17.4 Å². The zero-order valence-electron chi connectivity index (χ0n) is 14.1. The summed E-state index contributed by atoms with van der Waals surface area (Å²) in [6.45, 7) is 1.76. The number of anilines is 2. The number of nitrogens with one attached hydrogen (secondary N) is 2. The average Bonchev–Trinajstić information content (AvgIpc) is 2.89. The van der Waals surface area contributed by atoms with Crippen LogP contribution in [0.2, 0.25) is 0 Å². The molecule has 1 heterocycles. The van der Waals surface area contributed by atoms with Crippen LogP contribution < -0.4 is 15.5 Å². The standard InChI is InChI=1S/C17H15F3N4O3/c1-16(10-23(15(25)22-16)12-5-3-2-4-6-12)21-11-7-8-14(24(26)27)13(9-11)17(18,19)20/h2-9,21H,10H2,1H3,(H,22,25). The van der Waals surface area contributed by atoms with Gasteiger partial charge in [-0.25, -0.2) is 4.79 Å². The minimum Gasteiger partial charge on any atom is -0.361 e. The highest BCUT2D eigenvalue weighted by molar-refractivity contribution is 5.95. The summed E-state index contributed by atoms with van der Waals surface area (Å²) < 4.78 is 39.4. The fourth-order valence-corrected chi connectivity index (χ4v) is 2.94. The highest BCUT2D eigenvalue weighted by Gasteiger charge is 2.41. The van der Waals surface area contributed by atoms with Crippen molar-refractivity contribution in [1.29, 1.82) is 0 Å². The molecule has 0 bridgehead atoms. The van der Waals surface area contributed by atoms with Gasteiger partial charge in [-0.2, -0.15) is 13.2 Å². The van der Waals surface area contributed by atoms with E-state index in [9.17, 15) is 28.1 Å². The van der Waals surface area contributed by atoms with Crippen LogP contribution in [0.15, 0.2) is 48.5 Å². The highest BCUT2D eigenvalue weighted by atomic mass is 19.4. The van der Waals surface area contributed by atoms with Crippen molar-refractivity contribution < 1.29 is 22.9 Å². The maximum absolute atomic E-state index is 13.1. The van der Waals surface area contributed by atoms with Gasteiger partial charge in [-0.3, -0.25) is 15.0 Å². The molecule has 1 aliphatic rings. The Balaban J connectivity index is 1.87. The van der Waals surface area contributed by atoms with Crippen LogP contribution in [0.5, 0.6) is 0 Å². The molecule has 0 spiro atoms. The lowest BCUT2D eigenvalue weighted by atomic mass is 10.1. The lowest BCUT2D eigenvalue weighted by molar-refractivity contribution is -0.388. The monoisotopic (exact) mass is 380 g/mol. The normalized spacial score (nSPS) is 19.7. The predicted octanol–water partition coefficient (Wildman–Crippen LogP) is 3.97. The summed E-state index contributed by atoms with van der Waals surface area (Å²) in [5.74, 6) is 0. The molecule has 1 saturated heterocycles. The number of hydrogen-bond acceptors (Lipinski definition) is 4. The molecule has 0 aliphatic carbocycles. The molecule has 1 unspecified atom stereocenters. The first kappa shape index (κ1) is 18.5. The quantitative estimate of drug-likeness (QED) is 0.621. The van der Waals surface area contributed by atoms with Crippen LogP contribution in [0.1, 0.15) is 12.5 Å². The molecule has 1 fully saturated rings. The Hall–Kier alpha value is -3.30. The maximum atomic E-state index is 13.1. The lowest BCUT2D eigenvalue weighted by Crippen LogP contribution is -2.47. The van der Waals surface area contributed by atoms with Crippen molar-refractivity contribution in [2.24, 2.45) is 0 Å². The van der Waals surface area contributed by atoms with Gasteiger partial charge in [0.25, 0.3) is 5.69 Å². The molecule has 1 aliphatic heterocycles. The van der Waals surface area contributed by atoms with Gasteiger partial charge < -0.3 is 10.6 Å². The average molecular weight is 380 g/mol. The van der Waals surface area contributed by atoms with E-state index >= 15 is 0 Å². The van der Waals surface area contributed by atoms with Gasteiger partial charge in [0.2, 0.25) is 0 Å². The first-order valence-corrected chi connectivity index (χ1v) is 7.88. The van der Waals surface area contributed by atoms with Crippen LogP contribution >= 0.6 is 0 Å². The molecule has 27 heavy (non-hydrogen) atoms. The number of rotatable bonds is 4. The summed E-state index contributed by atoms with van der Waals surface area (Å²) in [6.07, 6.45) is -4.88. The van der Waals surface area contributed by atoms with E-state index in [2.05, 4.69) is 10.6 Å². The van der Waals surface area contributed by atoms with Crippen LogP contribution in [0, 0.1) is 10.1 Å². The van der Waals surface area contributed by atoms with E-state index in [1.54, 1.807) is 37.3 Å². The van der Waals surface area contributed by atoms with Crippen LogP contribution in [0.4, 0.5) is 35.0 Å². The van der Waals surface area contributed by atoms with Crippen LogP contribution in [0.3, 0.4) is 0 Å². The molecule has 2 amide bonds. The van der Waals surface area contributed by atoms with Gasteiger partial charge in [0.15, 0.2) is 0 Å². The van der Waals surface area contributed by atoms with Gasteiger partial charge in [-0.05, 0) is 31.2 Å². The summed E-state index contributed by atoms with van der Waals surface area (Å²) in [5, 5.41) is 16.4. The van der Waals surface area contributed by atoms with Crippen LogP contribution in [-0.2, 0) is 6.18 Å². The van der Waals surface area contributed by atoms with E-state index in [-0.39, 0.29) is 12.2 Å². The number of amides is 2. The molecule has 142 valence electrons.